The number of unbranched alkanes of at least 4 members (excludes halogenated alkanes) is 1. The molecule has 0 heterocycles. The molecule has 0 atom stereocenters. The third-order valence-corrected chi connectivity index (χ3v) is 0.354. The van der Waals surface area contributed by atoms with Gasteiger partial charge in [0.25, 0.3) is 0 Å². The summed E-state index contributed by atoms with van der Waals surface area (Å²) in [6, 6.07) is 0. The Morgan fingerprint density at radius 2 is 1.50 bits per heavy atom. The first-order chi connectivity index (χ1) is 2.91. The van der Waals surface area contributed by atoms with Crippen molar-refractivity contribution in [2.75, 3.05) is 0 Å². The maximum atomic E-state index is 3.60. The van der Waals surface area contributed by atoms with Crippen LogP contribution in [0.4, 0.5) is 0 Å². The Kier molecular flexibility index (Phi) is 121. The summed E-state index contributed by atoms with van der Waals surface area (Å²) in [5.74, 6) is 0. The summed E-state index contributed by atoms with van der Waals surface area (Å²) in [5.41, 5.74) is 0. The third kappa shape index (κ3) is 59.4. The average molecular weight is 158 g/mol. The van der Waals surface area contributed by atoms with Crippen molar-refractivity contribution in [3.63, 3.8) is 0 Å². The van der Waals surface area contributed by atoms with Crippen molar-refractivity contribution in [2.24, 2.45) is 0 Å². The van der Waals surface area contributed by atoms with Gasteiger partial charge in [-0.1, -0.05) is 13.3 Å². The van der Waals surface area contributed by atoms with E-state index in [1.807, 2.05) is 0 Å². The Morgan fingerprint density at radius 3 is 1.50 bits per heavy atom. The molecule has 0 aliphatic rings. The molecule has 1 radical (unpaired) electrons. The van der Waals surface area contributed by atoms with Crippen LogP contribution in [0.1, 0.15) is 28.1 Å². The molecular formula is C6H15CuLi. The minimum atomic E-state index is 0. The smallest absolute Gasteiger partial charge is 1.00 e. The van der Waals surface area contributed by atoms with E-state index in [-0.39, 0.29) is 37.4 Å². The van der Waals surface area contributed by atoms with Crippen LogP contribution in [-0.2, 0) is 17.1 Å². The fraction of sp³-hybridized carbons (Fsp3) is 0.667. The van der Waals surface area contributed by atoms with E-state index in [1.165, 1.54) is 6.42 Å². The van der Waals surface area contributed by atoms with Crippen molar-refractivity contribution in [2.45, 2.75) is 26.7 Å². The summed E-state index contributed by atoms with van der Waals surface area (Å²) in [6.07, 6.45) is 2.28. The summed E-state index contributed by atoms with van der Waals surface area (Å²) >= 11 is 0. The Bertz CT molecular complexity index is 15.0. The molecule has 0 N–H and O–H groups in total. The summed E-state index contributed by atoms with van der Waals surface area (Å²) in [6.45, 7) is 10.7. The van der Waals surface area contributed by atoms with Gasteiger partial charge in [0.2, 0.25) is 0 Å². The van der Waals surface area contributed by atoms with Gasteiger partial charge in [0.1, 0.15) is 0 Å². The van der Waals surface area contributed by atoms with Crippen LogP contribution in [0.15, 0.2) is 0 Å². The first kappa shape index (κ1) is 22.9. The first-order valence-electron chi connectivity index (χ1n) is 2.41. The minimum absolute atomic E-state index is 0. The van der Waals surface area contributed by atoms with Gasteiger partial charge in [-0.15, -0.1) is 0 Å². The van der Waals surface area contributed by atoms with E-state index in [0.717, 1.165) is 6.42 Å². The predicted octanol–water partition coefficient (Wildman–Crippen LogP) is -0.425. The molecule has 0 rings (SSSR count). The largest absolute Gasteiger partial charge is 2.00 e. The molecule has 0 bridgehead atoms. The van der Waals surface area contributed by atoms with Gasteiger partial charge >= 0.3 is 35.9 Å². The Hall–Kier alpha value is 1.12. The molecule has 0 aromatic heterocycles. The van der Waals surface area contributed by atoms with E-state index in [4.69, 9.17) is 0 Å². The molecule has 0 nitrogen and oxygen atoms in total. The molecular weight excluding hydrogens is 143 g/mol. The Labute approximate surface area is 77.9 Å². The molecule has 0 aliphatic heterocycles. The zero-order chi connectivity index (χ0) is 5.41. The monoisotopic (exact) mass is 157 g/mol. The summed E-state index contributed by atoms with van der Waals surface area (Å²) in [5, 5.41) is 0. The van der Waals surface area contributed by atoms with Gasteiger partial charge in [0.15, 0.2) is 0 Å². The zero-order valence-corrected chi connectivity index (χ0v) is 7.07. The first-order valence-corrected chi connectivity index (χ1v) is 2.41. The molecule has 0 aromatic carbocycles. The fourth-order valence-electron chi connectivity index (χ4n) is 0. The molecule has 0 saturated carbocycles. The van der Waals surface area contributed by atoms with E-state index < -0.39 is 0 Å². The van der Waals surface area contributed by atoms with Gasteiger partial charge in [0.05, 0.1) is 0 Å². The molecule has 0 aliphatic carbocycles. The van der Waals surface area contributed by atoms with Crippen molar-refractivity contribution >= 4 is 0 Å². The molecule has 0 aromatic rings. The van der Waals surface area contributed by atoms with Crippen LogP contribution >= 0.6 is 0 Å². The summed E-state index contributed by atoms with van der Waals surface area (Å²) in [4.78, 5) is 0. The van der Waals surface area contributed by atoms with Crippen LogP contribution in [-0.4, -0.2) is 0 Å². The standard InChI is InChI=1S/C4H9.C2H5.Cu.Li.H/c1-3-4-2;1-2;;;/h1,3-4H2,2H3;1H2,2H3;;;/q2*-1;+2;+1;-1. The van der Waals surface area contributed by atoms with E-state index in [0.29, 0.717) is 0 Å². The summed E-state index contributed by atoms with van der Waals surface area (Å²) in [7, 11) is 0. The van der Waals surface area contributed by atoms with E-state index >= 15 is 0 Å². The normalized spacial score (nSPS) is 4.50. The minimum Gasteiger partial charge on any atom is -1.00 e. The van der Waals surface area contributed by atoms with Crippen LogP contribution < -0.4 is 18.9 Å². The zero-order valence-electron chi connectivity index (χ0n) is 7.13. The fourth-order valence-corrected chi connectivity index (χ4v) is 0. The van der Waals surface area contributed by atoms with Gasteiger partial charge in [-0.05, 0) is 0 Å². The second-order valence-electron chi connectivity index (χ2n) is 0.854. The van der Waals surface area contributed by atoms with Crippen LogP contribution in [0.25, 0.3) is 0 Å². The predicted molar refractivity (Wildman–Crippen MR) is 32.4 cm³/mol. The number of hydrogen-bond donors (Lipinski definition) is 0. The quantitative estimate of drug-likeness (QED) is 0.358. The molecule has 0 fully saturated rings. The van der Waals surface area contributed by atoms with Gasteiger partial charge in [-0.25, -0.2) is 0 Å². The Morgan fingerprint density at radius 1 is 1.38 bits per heavy atom. The average Bonchev–Trinajstić information content (AvgIpc) is 1.72. The maximum absolute atomic E-state index is 3.60. The second-order valence-corrected chi connectivity index (χ2v) is 0.854. The van der Waals surface area contributed by atoms with E-state index in [9.17, 15) is 0 Å². The van der Waals surface area contributed by atoms with Gasteiger partial charge in [-0.2, -0.15) is 13.3 Å². The molecule has 0 amide bonds. The molecule has 2 heteroatoms. The van der Waals surface area contributed by atoms with E-state index in [2.05, 4.69) is 20.8 Å². The Balaban J connectivity index is -0.00000000990. The molecule has 0 spiro atoms. The molecule has 0 saturated heterocycles. The van der Waals surface area contributed by atoms with Crippen molar-refractivity contribution in [1.29, 1.82) is 0 Å². The van der Waals surface area contributed by atoms with Crippen molar-refractivity contribution in [3.8, 4) is 0 Å². The van der Waals surface area contributed by atoms with E-state index in [1.54, 1.807) is 6.92 Å². The topological polar surface area (TPSA) is 0 Å². The third-order valence-electron chi connectivity index (χ3n) is 0.354. The molecule has 0 unspecified atom stereocenters. The van der Waals surface area contributed by atoms with Crippen LogP contribution in [0.3, 0.4) is 0 Å². The van der Waals surface area contributed by atoms with Crippen LogP contribution in [0.5, 0.6) is 0 Å². The molecule has 51 valence electrons. The van der Waals surface area contributed by atoms with Crippen molar-refractivity contribution < 1.29 is 37.4 Å². The number of rotatable bonds is 1. The van der Waals surface area contributed by atoms with Gasteiger partial charge < -0.3 is 15.3 Å². The van der Waals surface area contributed by atoms with Gasteiger partial charge in [0, 0.05) is 0 Å². The number of hydrogen-bond acceptors (Lipinski definition) is 0. The maximum Gasteiger partial charge on any atom is 2.00 e. The second kappa shape index (κ2) is 42.3. The summed E-state index contributed by atoms with van der Waals surface area (Å²) < 4.78 is 0. The van der Waals surface area contributed by atoms with Crippen molar-refractivity contribution in [3.05, 3.63) is 13.8 Å². The SMILES string of the molecule is [CH2-]C.[CH2-]CCC.[Cu+2].[H-].[Li+]. The van der Waals surface area contributed by atoms with Crippen LogP contribution in [0.2, 0.25) is 0 Å². The van der Waals surface area contributed by atoms with Gasteiger partial charge in [-0.3, -0.25) is 0 Å². The molecule has 8 heavy (non-hydrogen) atoms. The van der Waals surface area contributed by atoms with Crippen molar-refractivity contribution in [1.82, 2.24) is 0 Å². The van der Waals surface area contributed by atoms with Crippen LogP contribution in [0, 0.1) is 13.8 Å².